The molecule has 7 nitrogen and oxygen atoms in total. The van der Waals surface area contributed by atoms with Gasteiger partial charge < -0.3 is 10.1 Å². The monoisotopic (exact) mass is 371 g/mol. The van der Waals surface area contributed by atoms with Crippen LogP contribution in [0.1, 0.15) is 29.8 Å². The largest absolute Gasteiger partial charge is 0.490 e. The van der Waals surface area contributed by atoms with E-state index in [2.05, 4.69) is 21.4 Å². The summed E-state index contributed by atoms with van der Waals surface area (Å²) in [5.41, 5.74) is 2.22. The summed E-state index contributed by atoms with van der Waals surface area (Å²) in [5, 5.41) is 12.3. The summed E-state index contributed by atoms with van der Waals surface area (Å²) >= 11 is 0. The lowest BCUT2D eigenvalue weighted by Gasteiger charge is -2.14. The molecule has 2 aromatic carbocycles. The van der Waals surface area contributed by atoms with E-state index in [1.165, 1.54) is 0 Å². The third kappa shape index (κ3) is 3.12. The normalized spacial score (nSPS) is 10.9. The molecular weight excluding hydrogens is 354 g/mol. The number of carbonyl (C=O) groups excluding carboxylic acids is 1. The second-order valence-electron chi connectivity index (χ2n) is 6.50. The molecule has 0 spiro atoms. The molecule has 0 saturated heterocycles. The number of rotatable bonds is 4. The predicted octanol–water partition coefficient (Wildman–Crippen LogP) is 3.79. The number of benzene rings is 2. The van der Waals surface area contributed by atoms with Crippen molar-refractivity contribution in [3.63, 3.8) is 0 Å². The van der Waals surface area contributed by atoms with E-state index < -0.39 is 5.91 Å². The van der Waals surface area contributed by atoms with E-state index in [9.17, 15) is 10.1 Å². The third-order valence-electron chi connectivity index (χ3n) is 4.15. The standard InChI is InChI=1S/C21H17N5O2/c1-13(2)28-18-10-6-3-7-15(18)20(27)24-19-14(11-22)12-26-17-9-5-4-8-16(17)23-21(26)25-19/h3-10,12-13H,1-2H3,(H,23,24,25,27). The van der Waals surface area contributed by atoms with Gasteiger partial charge in [0, 0.05) is 6.20 Å². The van der Waals surface area contributed by atoms with Crippen molar-refractivity contribution in [1.82, 2.24) is 14.4 Å². The molecule has 28 heavy (non-hydrogen) atoms. The summed E-state index contributed by atoms with van der Waals surface area (Å²) in [7, 11) is 0. The summed E-state index contributed by atoms with van der Waals surface area (Å²) < 4.78 is 7.44. The van der Waals surface area contributed by atoms with Crippen molar-refractivity contribution >= 4 is 28.5 Å². The molecule has 0 bridgehead atoms. The molecule has 0 unspecified atom stereocenters. The fourth-order valence-electron chi connectivity index (χ4n) is 2.95. The highest BCUT2D eigenvalue weighted by atomic mass is 16.5. The van der Waals surface area contributed by atoms with Crippen LogP contribution in [0.4, 0.5) is 5.82 Å². The van der Waals surface area contributed by atoms with Crippen molar-refractivity contribution in [2.45, 2.75) is 20.0 Å². The Hall–Kier alpha value is -3.92. The van der Waals surface area contributed by atoms with Gasteiger partial charge in [-0.1, -0.05) is 24.3 Å². The lowest BCUT2D eigenvalue weighted by Crippen LogP contribution is -2.17. The molecule has 2 heterocycles. The predicted molar refractivity (Wildman–Crippen MR) is 105 cm³/mol. The van der Waals surface area contributed by atoms with Crippen molar-refractivity contribution in [2.24, 2.45) is 0 Å². The van der Waals surface area contributed by atoms with E-state index in [1.54, 1.807) is 34.9 Å². The zero-order valence-electron chi connectivity index (χ0n) is 15.4. The number of para-hydroxylation sites is 3. The number of hydrogen-bond acceptors (Lipinski definition) is 5. The number of ether oxygens (including phenoxy) is 1. The Balaban J connectivity index is 1.75. The number of anilines is 1. The number of aromatic nitrogens is 3. The van der Waals surface area contributed by atoms with Crippen LogP contribution in [0.3, 0.4) is 0 Å². The van der Waals surface area contributed by atoms with Crippen LogP contribution in [0.25, 0.3) is 16.8 Å². The number of carbonyl (C=O) groups is 1. The van der Waals surface area contributed by atoms with E-state index in [4.69, 9.17) is 4.74 Å². The quantitative estimate of drug-likeness (QED) is 0.589. The first kappa shape index (κ1) is 17.5. The Morgan fingerprint density at radius 3 is 2.68 bits per heavy atom. The van der Waals surface area contributed by atoms with E-state index in [0.29, 0.717) is 17.1 Å². The zero-order chi connectivity index (χ0) is 19.7. The number of amides is 1. The summed E-state index contributed by atoms with van der Waals surface area (Å²) in [4.78, 5) is 21.7. The molecule has 0 radical (unpaired) electrons. The number of nitriles is 1. The van der Waals surface area contributed by atoms with Crippen LogP contribution >= 0.6 is 0 Å². The Labute approximate surface area is 161 Å². The van der Waals surface area contributed by atoms with Crippen LogP contribution in [0.15, 0.2) is 54.7 Å². The third-order valence-corrected chi connectivity index (χ3v) is 4.15. The smallest absolute Gasteiger partial charge is 0.260 e. The molecule has 7 heteroatoms. The minimum Gasteiger partial charge on any atom is -0.490 e. The van der Waals surface area contributed by atoms with Crippen molar-refractivity contribution in [2.75, 3.05) is 5.32 Å². The van der Waals surface area contributed by atoms with Gasteiger partial charge in [-0.25, -0.2) is 4.98 Å². The van der Waals surface area contributed by atoms with Crippen LogP contribution in [0.2, 0.25) is 0 Å². The first-order valence-corrected chi connectivity index (χ1v) is 8.82. The Bertz CT molecular complexity index is 1240. The highest BCUT2D eigenvalue weighted by Crippen LogP contribution is 2.23. The SMILES string of the molecule is CC(C)Oc1ccccc1C(=O)Nc1nc2nc3ccccc3n2cc1C#N. The second-order valence-corrected chi connectivity index (χ2v) is 6.50. The Morgan fingerprint density at radius 2 is 1.89 bits per heavy atom. The molecular formula is C21H17N5O2. The minimum absolute atomic E-state index is 0.0737. The summed E-state index contributed by atoms with van der Waals surface area (Å²) in [5.74, 6) is 0.638. The molecule has 4 aromatic rings. The van der Waals surface area contributed by atoms with Crippen molar-refractivity contribution in [3.05, 3.63) is 65.9 Å². The molecule has 0 aliphatic carbocycles. The number of fused-ring (bicyclic) bond motifs is 3. The van der Waals surface area contributed by atoms with Crippen LogP contribution in [-0.2, 0) is 0 Å². The van der Waals surface area contributed by atoms with Crippen LogP contribution < -0.4 is 10.1 Å². The molecule has 1 N–H and O–H groups in total. The van der Waals surface area contributed by atoms with Gasteiger partial charge in [-0.2, -0.15) is 10.2 Å². The molecule has 0 aliphatic rings. The van der Waals surface area contributed by atoms with Gasteiger partial charge in [0.05, 0.1) is 22.7 Å². The minimum atomic E-state index is -0.402. The molecule has 138 valence electrons. The highest BCUT2D eigenvalue weighted by Gasteiger charge is 2.17. The van der Waals surface area contributed by atoms with E-state index in [1.807, 2.05) is 38.1 Å². The van der Waals surface area contributed by atoms with Crippen LogP contribution in [0, 0.1) is 11.3 Å². The summed E-state index contributed by atoms with van der Waals surface area (Å²) in [6, 6.07) is 16.6. The molecule has 0 fully saturated rings. The molecule has 1 amide bonds. The van der Waals surface area contributed by atoms with Gasteiger partial charge in [0.25, 0.3) is 5.91 Å². The molecule has 4 rings (SSSR count). The maximum Gasteiger partial charge on any atom is 0.260 e. The van der Waals surface area contributed by atoms with Gasteiger partial charge in [-0.05, 0) is 38.1 Å². The number of imidazole rings is 1. The maximum atomic E-state index is 12.8. The second kappa shape index (κ2) is 7.00. The van der Waals surface area contributed by atoms with Gasteiger partial charge in [0.15, 0.2) is 5.82 Å². The first-order chi connectivity index (χ1) is 13.6. The zero-order valence-corrected chi connectivity index (χ0v) is 15.4. The fourth-order valence-corrected chi connectivity index (χ4v) is 2.95. The Morgan fingerprint density at radius 1 is 1.14 bits per heavy atom. The van der Waals surface area contributed by atoms with Crippen LogP contribution in [-0.4, -0.2) is 26.4 Å². The molecule has 0 aliphatic heterocycles. The van der Waals surface area contributed by atoms with E-state index in [-0.39, 0.29) is 17.5 Å². The average Bonchev–Trinajstić information content (AvgIpc) is 3.04. The van der Waals surface area contributed by atoms with Gasteiger partial charge in [0.2, 0.25) is 5.78 Å². The number of nitrogens with zero attached hydrogens (tertiary/aromatic N) is 4. The van der Waals surface area contributed by atoms with E-state index >= 15 is 0 Å². The molecule has 0 saturated carbocycles. The summed E-state index contributed by atoms with van der Waals surface area (Å²) in [6.45, 7) is 3.78. The molecule has 2 aromatic heterocycles. The van der Waals surface area contributed by atoms with Gasteiger partial charge in [-0.15, -0.1) is 0 Å². The average molecular weight is 371 g/mol. The first-order valence-electron chi connectivity index (χ1n) is 8.82. The molecule has 0 atom stereocenters. The van der Waals surface area contributed by atoms with Crippen molar-refractivity contribution in [3.8, 4) is 11.8 Å². The van der Waals surface area contributed by atoms with Crippen molar-refractivity contribution < 1.29 is 9.53 Å². The topological polar surface area (TPSA) is 92.3 Å². The van der Waals surface area contributed by atoms with Crippen LogP contribution in [0.5, 0.6) is 5.75 Å². The number of hydrogen-bond donors (Lipinski definition) is 1. The van der Waals surface area contributed by atoms with Gasteiger partial charge in [0.1, 0.15) is 17.4 Å². The maximum absolute atomic E-state index is 12.8. The fraction of sp³-hybridized carbons (Fsp3) is 0.143. The van der Waals surface area contributed by atoms with E-state index in [0.717, 1.165) is 11.0 Å². The lowest BCUT2D eigenvalue weighted by molar-refractivity contribution is 0.102. The highest BCUT2D eigenvalue weighted by molar-refractivity contribution is 6.06. The number of nitrogens with one attached hydrogen (secondary N) is 1. The van der Waals surface area contributed by atoms with Crippen molar-refractivity contribution in [1.29, 1.82) is 5.26 Å². The Kier molecular flexibility index (Phi) is 4.38. The lowest BCUT2D eigenvalue weighted by atomic mass is 10.2. The summed E-state index contributed by atoms with van der Waals surface area (Å²) in [6.07, 6.45) is 1.56. The van der Waals surface area contributed by atoms with Gasteiger partial charge >= 0.3 is 0 Å². The van der Waals surface area contributed by atoms with Gasteiger partial charge in [-0.3, -0.25) is 9.20 Å².